The van der Waals surface area contributed by atoms with Crippen LogP contribution >= 0.6 is 0 Å². The molecule has 19 heavy (non-hydrogen) atoms. The van der Waals surface area contributed by atoms with Crippen LogP contribution < -0.4 is 10.1 Å². The highest BCUT2D eigenvalue weighted by molar-refractivity contribution is 5.85. The Morgan fingerprint density at radius 2 is 2.26 bits per heavy atom. The van der Waals surface area contributed by atoms with E-state index in [0.29, 0.717) is 13.0 Å². The molecular weight excluding hydrogens is 249 g/mol. The first-order chi connectivity index (χ1) is 9.11. The number of hydrogen-bond acceptors (Lipinski definition) is 3. The van der Waals surface area contributed by atoms with Crippen molar-refractivity contribution in [3.8, 4) is 5.75 Å². The van der Waals surface area contributed by atoms with Crippen molar-refractivity contribution >= 4 is 5.91 Å². The predicted molar refractivity (Wildman–Crippen MR) is 68.4 cm³/mol. The molecule has 1 aromatic rings. The molecule has 0 radical (unpaired) electrons. The lowest BCUT2D eigenvalue weighted by Crippen LogP contribution is -2.35. The molecule has 0 bridgehead atoms. The molecule has 1 aliphatic rings. The first-order valence-electron chi connectivity index (χ1n) is 6.33. The third-order valence-corrected chi connectivity index (χ3v) is 3.55. The maximum absolute atomic E-state index is 13.4. The van der Waals surface area contributed by atoms with E-state index in [4.69, 9.17) is 9.84 Å². The lowest BCUT2D eigenvalue weighted by atomic mass is 10.1. The number of aliphatic hydroxyl groups is 1. The van der Waals surface area contributed by atoms with Crippen molar-refractivity contribution < 1.29 is 19.0 Å². The van der Waals surface area contributed by atoms with E-state index in [1.54, 1.807) is 12.1 Å². The van der Waals surface area contributed by atoms with Gasteiger partial charge in [-0.3, -0.25) is 4.79 Å². The summed E-state index contributed by atoms with van der Waals surface area (Å²) in [6.07, 6.45) is 2.03. The van der Waals surface area contributed by atoms with Crippen LogP contribution in [0.15, 0.2) is 18.2 Å². The molecule has 2 rings (SSSR count). The van der Waals surface area contributed by atoms with Crippen LogP contribution in [-0.2, 0) is 11.2 Å². The Balaban J connectivity index is 1.83. The van der Waals surface area contributed by atoms with Gasteiger partial charge in [0.05, 0.1) is 19.1 Å². The number of benzene rings is 1. The largest absolute Gasteiger partial charge is 0.494 e. The van der Waals surface area contributed by atoms with Crippen molar-refractivity contribution in [2.45, 2.75) is 19.3 Å². The minimum absolute atomic E-state index is 0.101. The number of methoxy groups -OCH3 is 1. The number of aliphatic hydroxyl groups excluding tert-OH is 1. The highest BCUT2D eigenvalue weighted by atomic mass is 19.1. The van der Waals surface area contributed by atoms with Crippen LogP contribution in [0, 0.1) is 11.2 Å². The molecule has 104 valence electrons. The average molecular weight is 267 g/mol. The molecular formula is C14H18FNO3. The summed E-state index contributed by atoms with van der Waals surface area (Å²) in [4.78, 5) is 11.8. The third kappa shape index (κ3) is 3.04. The number of amides is 1. The predicted octanol–water partition coefficient (Wildman–Crippen LogP) is 1.27. The fraction of sp³-hybridized carbons (Fsp3) is 0.500. The summed E-state index contributed by atoms with van der Waals surface area (Å²) in [7, 11) is 1.42. The van der Waals surface area contributed by atoms with Gasteiger partial charge < -0.3 is 15.2 Å². The van der Waals surface area contributed by atoms with Crippen LogP contribution in [0.5, 0.6) is 5.75 Å². The standard InChI is InChI=1S/C14H18FNO3/c1-19-12-3-2-10(8-11(12)15)4-7-16-13(18)14(9-17)5-6-14/h2-3,8,17H,4-7,9H2,1H3,(H,16,18). The highest BCUT2D eigenvalue weighted by Crippen LogP contribution is 2.45. The van der Waals surface area contributed by atoms with Crippen molar-refractivity contribution in [1.82, 2.24) is 5.32 Å². The smallest absolute Gasteiger partial charge is 0.228 e. The van der Waals surface area contributed by atoms with Gasteiger partial charge in [-0.15, -0.1) is 0 Å². The zero-order chi connectivity index (χ0) is 13.9. The average Bonchev–Trinajstić information content (AvgIpc) is 3.20. The van der Waals surface area contributed by atoms with Crippen LogP contribution in [-0.4, -0.2) is 31.3 Å². The van der Waals surface area contributed by atoms with Gasteiger partial charge in [0.1, 0.15) is 0 Å². The molecule has 0 saturated heterocycles. The molecule has 2 N–H and O–H groups in total. The van der Waals surface area contributed by atoms with E-state index in [1.807, 2.05) is 0 Å². The highest BCUT2D eigenvalue weighted by Gasteiger charge is 2.49. The van der Waals surface area contributed by atoms with Gasteiger partial charge >= 0.3 is 0 Å². The van der Waals surface area contributed by atoms with Crippen molar-refractivity contribution in [3.05, 3.63) is 29.6 Å². The monoisotopic (exact) mass is 267 g/mol. The van der Waals surface area contributed by atoms with Crippen LogP contribution in [0.4, 0.5) is 4.39 Å². The van der Waals surface area contributed by atoms with E-state index in [1.165, 1.54) is 13.2 Å². The molecule has 1 aliphatic carbocycles. The maximum atomic E-state index is 13.4. The SMILES string of the molecule is COc1ccc(CCNC(=O)C2(CO)CC2)cc1F. The van der Waals surface area contributed by atoms with Crippen LogP contribution in [0.3, 0.4) is 0 Å². The van der Waals surface area contributed by atoms with Gasteiger partial charge in [0, 0.05) is 6.54 Å². The second kappa shape index (κ2) is 5.57. The van der Waals surface area contributed by atoms with Gasteiger partial charge in [-0.1, -0.05) is 6.07 Å². The lowest BCUT2D eigenvalue weighted by Gasteiger charge is -2.12. The van der Waals surface area contributed by atoms with Crippen molar-refractivity contribution in [1.29, 1.82) is 0 Å². The number of carbonyl (C=O) groups excluding carboxylic acids is 1. The molecule has 1 amide bonds. The van der Waals surface area contributed by atoms with Gasteiger partial charge in [-0.25, -0.2) is 4.39 Å². The molecule has 0 aromatic heterocycles. The van der Waals surface area contributed by atoms with Gasteiger partial charge in [0.2, 0.25) is 5.91 Å². The molecule has 1 fully saturated rings. The Hall–Kier alpha value is -1.62. The molecule has 0 heterocycles. The molecule has 1 aromatic carbocycles. The summed E-state index contributed by atoms with van der Waals surface area (Å²) < 4.78 is 18.3. The Morgan fingerprint density at radius 3 is 2.79 bits per heavy atom. The van der Waals surface area contributed by atoms with E-state index in [-0.39, 0.29) is 18.3 Å². The van der Waals surface area contributed by atoms with Gasteiger partial charge in [-0.05, 0) is 37.0 Å². The number of carbonyl (C=O) groups is 1. The van der Waals surface area contributed by atoms with Crippen LogP contribution in [0.2, 0.25) is 0 Å². The van der Waals surface area contributed by atoms with Gasteiger partial charge in [0.15, 0.2) is 11.6 Å². The number of ether oxygens (including phenoxy) is 1. The maximum Gasteiger partial charge on any atom is 0.228 e. The number of hydrogen-bond donors (Lipinski definition) is 2. The summed E-state index contributed by atoms with van der Waals surface area (Å²) in [5.74, 6) is -0.297. The van der Waals surface area contributed by atoms with Crippen LogP contribution in [0.1, 0.15) is 18.4 Å². The quantitative estimate of drug-likeness (QED) is 0.816. The Kier molecular flexibility index (Phi) is 4.04. The third-order valence-electron chi connectivity index (χ3n) is 3.55. The zero-order valence-corrected chi connectivity index (χ0v) is 10.9. The lowest BCUT2D eigenvalue weighted by molar-refractivity contribution is -0.127. The summed E-state index contributed by atoms with van der Waals surface area (Å²) in [6.45, 7) is 0.336. The van der Waals surface area contributed by atoms with Crippen LogP contribution in [0.25, 0.3) is 0 Å². The second-order valence-electron chi connectivity index (χ2n) is 4.91. The van der Waals surface area contributed by atoms with E-state index in [2.05, 4.69) is 5.32 Å². The van der Waals surface area contributed by atoms with Crippen molar-refractivity contribution in [2.75, 3.05) is 20.3 Å². The van der Waals surface area contributed by atoms with E-state index in [0.717, 1.165) is 18.4 Å². The molecule has 1 saturated carbocycles. The number of nitrogens with one attached hydrogen (secondary N) is 1. The first-order valence-corrected chi connectivity index (χ1v) is 6.33. The Bertz CT molecular complexity index is 472. The molecule has 0 aliphatic heterocycles. The second-order valence-corrected chi connectivity index (χ2v) is 4.91. The minimum Gasteiger partial charge on any atom is -0.494 e. The van der Waals surface area contributed by atoms with Gasteiger partial charge in [-0.2, -0.15) is 0 Å². The summed E-state index contributed by atoms with van der Waals surface area (Å²) >= 11 is 0. The fourth-order valence-electron chi connectivity index (χ4n) is 1.98. The topological polar surface area (TPSA) is 58.6 Å². The minimum atomic E-state index is -0.550. The van der Waals surface area contributed by atoms with Crippen molar-refractivity contribution in [3.63, 3.8) is 0 Å². The summed E-state index contributed by atoms with van der Waals surface area (Å²) in [6, 6.07) is 4.75. The summed E-state index contributed by atoms with van der Waals surface area (Å²) in [5.41, 5.74) is 0.248. The number of halogens is 1. The zero-order valence-electron chi connectivity index (χ0n) is 10.9. The van der Waals surface area contributed by atoms with Crippen molar-refractivity contribution in [2.24, 2.45) is 5.41 Å². The molecule has 5 heteroatoms. The summed E-state index contributed by atoms with van der Waals surface area (Å²) in [5, 5.41) is 11.9. The number of rotatable bonds is 6. The fourth-order valence-corrected chi connectivity index (χ4v) is 1.98. The van der Waals surface area contributed by atoms with E-state index < -0.39 is 11.2 Å². The Labute approximate surface area is 111 Å². The van der Waals surface area contributed by atoms with Gasteiger partial charge in [0.25, 0.3) is 0 Å². The first kappa shape index (κ1) is 13.8. The molecule has 4 nitrogen and oxygen atoms in total. The normalized spacial score (nSPS) is 15.9. The molecule has 0 atom stereocenters. The molecule has 0 unspecified atom stereocenters. The Morgan fingerprint density at radius 1 is 1.53 bits per heavy atom. The van der Waals surface area contributed by atoms with E-state index >= 15 is 0 Å². The molecule has 0 spiro atoms. The van der Waals surface area contributed by atoms with E-state index in [9.17, 15) is 9.18 Å².